The third kappa shape index (κ3) is 3.09. The van der Waals surface area contributed by atoms with Gasteiger partial charge in [-0.05, 0) is 12.8 Å². The summed E-state index contributed by atoms with van der Waals surface area (Å²) in [6.45, 7) is 1.13. The zero-order chi connectivity index (χ0) is 16.4. The molecule has 1 saturated carbocycles. The van der Waals surface area contributed by atoms with Crippen LogP contribution in [-0.4, -0.2) is 59.4 Å². The number of hydrogen-bond donors (Lipinski definition) is 1. The number of hydrogen-bond acceptors (Lipinski definition) is 4. The number of amides is 2. The molecule has 23 heavy (non-hydrogen) atoms. The van der Waals surface area contributed by atoms with E-state index in [4.69, 9.17) is 4.74 Å². The largest absolute Gasteiger partial charge is 0.491 e. The van der Waals surface area contributed by atoms with Gasteiger partial charge >= 0.3 is 0 Å². The third-order valence-electron chi connectivity index (χ3n) is 4.64. The van der Waals surface area contributed by atoms with Gasteiger partial charge in [-0.15, -0.1) is 0 Å². The van der Waals surface area contributed by atoms with Gasteiger partial charge in [0.25, 0.3) is 5.91 Å². The molecule has 1 N–H and O–H groups in total. The lowest BCUT2D eigenvalue weighted by Crippen LogP contribution is -2.55. The summed E-state index contributed by atoms with van der Waals surface area (Å²) in [5.41, 5.74) is -0.177. The molecule has 0 radical (unpaired) electrons. The van der Waals surface area contributed by atoms with E-state index in [0.29, 0.717) is 19.1 Å². The van der Waals surface area contributed by atoms with Crippen LogP contribution in [0, 0.1) is 0 Å². The summed E-state index contributed by atoms with van der Waals surface area (Å²) in [7, 11) is 1.40. The minimum Gasteiger partial charge on any atom is -0.491 e. The van der Waals surface area contributed by atoms with Gasteiger partial charge in [0.15, 0.2) is 5.75 Å². The lowest BCUT2D eigenvalue weighted by molar-refractivity contribution is -0.137. The quantitative estimate of drug-likeness (QED) is 0.885. The number of pyridine rings is 1. The van der Waals surface area contributed by atoms with Crippen molar-refractivity contribution in [2.45, 2.75) is 31.7 Å². The zero-order valence-corrected chi connectivity index (χ0v) is 13.2. The highest BCUT2D eigenvalue weighted by atomic mass is 16.5. The maximum atomic E-state index is 12.5. The molecule has 2 fully saturated rings. The molecule has 1 aliphatic heterocycles. The smallest absolute Gasteiger partial charge is 0.270 e. The van der Waals surface area contributed by atoms with Crippen LogP contribution in [0.5, 0.6) is 5.75 Å². The highest BCUT2D eigenvalue weighted by Crippen LogP contribution is 2.25. The minimum atomic E-state index is -0.356. The Morgan fingerprint density at radius 3 is 2.61 bits per heavy atom. The van der Waals surface area contributed by atoms with E-state index in [0.717, 1.165) is 12.8 Å². The molecule has 2 aliphatic rings. The molecule has 1 aliphatic carbocycles. The fourth-order valence-corrected chi connectivity index (χ4v) is 3.37. The molecule has 1 saturated heterocycles. The topological polar surface area (TPSA) is 82.7 Å². The van der Waals surface area contributed by atoms with E-state index >= 15 is 0 Å². The normalized spacial score (nSPS) is 19.3. The average molecular weight is 319 g/mol. The van der Waals surface area contributed by atoms with Crippen LogP contribution in [0.4, 0.5) is 0 Å². The van der Waals surface area contributed by atoms with Crippen LogP contribution in [0.3, 0.4) is 0 Å². The average Bonchev–Trinajstić information content (AvgIpc) is 3.08. The van der Waals surface area contributed by atoms with Crippen LogP contribution in [-0.2, 0) is 4.79 Å². The van der Waals surface area contributed by atoms with Crippen molar-refractivity contribution in [3.63, 3.8) is 0 Å². The number of nitrogens with one attached hydrogen (secondary N) is 1. The maximum absolute atomic E-state index is 12.5. The number of ether oxygens (including phenoxy) is 1. The van der Waals surface area contributed by atoms with Gasteiger partial charge in [-0.1, -0.05) is 12.8 Å². The molecule has 1 aromatic rings. The van der Waals surface area contributed by atoms with Crippen LogP contribution in [0.15, 0.2) is 17.1 Å². The van der Waals surface area contributed by atoms with Gasteiger partial charge in [0, 0.05) is 31.4 Å². The molecule has 124 valence electrons. The Morgan fingerprint density at radius 1 is 1.26 bits per heavy atom. The molecular formula is C16H21N3O4. The minimum absolute atomic E-state index is 0.00708. The second-order valence-electron chi connectivity index (χ2n) is 6.03. The Bertz CT molecular complexity index is 664. The van der Waals surface area contributed by atoms with E-state index in [2.05, 4.69) is 4.98 Å². The lowest BCUT2D eigenvalue weighted by atomic mass is 10.1. The molecule has 0 atom stereocenters. The lowest BCUT2D eigenvalue weighted by Gasteiger charge is -2.37. The van der Waals surface area contributed by atoms with Crippen molar-refractivity contribution < 1.29 is 14.3 Å². The second kappa shape index (κ2) is 6.44. The van der Waals surface area contributed by atoms with Crippen molar-refractivity contribution >= 4 is 11.8 Å². The van der Waals surface area contributed by atoms with Crippen LogP contribution in [0.1, 0.15) is 36.2 Å². The number of aromatic nitrogens is 1. The summed E-state index contributed by atoms with van der Waals surface area (Å²) in [6, 6.07) is 1.55. The van der Waals surface area contributed by atoms with E-state index in [9.17, 15) is 14.4 Å². The number of nitrogens with zero attached hydrogens (tertiary/aromatic N) is 2. The molecular weight excluding hydrogens is 298 g/mol. The summed E-state index contributed by atoms with van der Waals surface area (Å²) in [5, 5.41) is 0. The molecule has 7 nitrogen and oxygen atoms in total. The first-order valence-corrected chi connectivity index (χ1v) is 7.95. The number of rotatable bonds is 3. The Balaban J connectivity index is 1.68. The van der Waals surface area contributed by atoms with Crippen LogP contribution in [0.2, 0.25) is 0 Å². The van der Waals surface area contributed by atoms with Crippen molar-refractivity contribution in [1.29, 1.82) is 0 Å². The monoisotopic (exact) mass is 319 g/mol. The van der Waals surface area contributed by atoms with Crippen LogP contribution >= 0.6 is 0 Å². The fourth-order valence-electron chi connectivity index (χ4n) is 3.37. The predicted octanol–water partition coefficient (Wildman–Crippen LogP) is 0.610. The van der Waals surface area contributed by atoms with E-state index < -0.39 is 0 Å². The van der Waals surface area contributed by atoms with Gasteiger partial charge in [-0.2, -0.15) is 0 Å². The second-order valence-corrected chi connectivity index (χ2v) is 6.03. The van der Waals surface area contributed by atoms with Gasteiger partial charge in [0.2, 0.25) is 11.3 Å². The van der Waals surface area contributed by atoms with Crippen molar-refractivity contribution in [3.05, 3.63) is 28.2 Å². The molecule has 0 bridgehead atoms. The highest BCUT2D eigenvalue weighted by molar-refractivity contribution is 5.95. The number of piperazine rings is 1. The summed E-state index contributed by atoms with van der Waals surface area (Å²) < 4.78 is 4.88. The van der Waals surface area contributed by atoms with E-state index in [-0.39, 0.29) is 35.2 Å². The van der Waals surface area contributed by atoms with Crippen LogP contribution in [0.25, 0.3) is 0 Å². The summed E-state index contributed by atoms with van der Waals surface area (Å²) in [4.78, 5) is 42.7. The number of carbonyl (C=O) groups excluding carboxylic acids is 2. The highest BCUT2D eigenvalue weighted by Gasteiger charge is 2.33. The van der Waals surface area contributed by atoms with Crippen molar-refractivity contribution in [2.75, 3.05) is 26.7 Å². The summed E-state index contributed by atoms with van der Waals surface area (Å²) in [5.74, 6) is -0.180. The molecule has 2 heterocycles. The number of H-pyrrole nitrogens is 1. The van der Waals surface area contributed by atoms with Crippen molar-refractivity contribution in [2.24, 2.45) is 0 Å². The van der Waals surface area contributed by atoms with Crippen molar-refractivity contribution in [3.8, 4) is 5.75 Å². The first-order chi connectivity index (χ1) is 11.1. The summed E-state index contributed by atoms with van der Waals surface area (Å²) >= 11 is 0. The molecule has 0 aromatic carbocycles. The molecule has 3 rings (SSSR count). The Morgan fingerprint density at radius 2 is 2.00 bits per heavy atom. The van der Waals surface area contributed by atoms with E-state index in [1.165, 1.54) is 37.1 Å². The maximum Gasteiger partial charge on any atom is 0.270 e. The van der Waals surface area contributed by atoms with Crippen molar-refractivity contribution in [1.82, 2.24) is 14.8 Å². The number of carbonyl (C=O) groups is 2. The SMILES string of the molecule is COc1c[nH]c(C(=O)N2CCN(C3CCCC3)C(=O)C2)cc1=O. The van der Waals surface area contributed by atoms with Gasteiger partial charge in [0.05, 0.1) is 7.11 Å². The first kappa shape index (κ1) is 15.6. The Kier molecular flexibility index (Phi) is 4.36. The number of methoxy groups -OCH3 is 1. The molecule has 1 aromatic heterocycles. The van der Waals surface area contributed by atoms with Gasteiger partial charge < -0.3 is 19.5 Å². The molecule has 0 spiro atoms. The van der Waals surface area contributed by atoms with E-state index in [1.807, 2.05) is 4.90 Å². The van der Waals surface area contributed by atoms with E-state index in [1.54, 1.807) is 0 Å². The molecule has 2 amide bonds. The summed E-state index contributed by atoms with van der Waals surface area (Å²) in [6.07, 6.45) is 5.83. The Labute approximate surface area is 134 Å². The van der Waals surface area contributed by atoms with Crippen LogP contribution < -0.4 is 10.2 Å². The zero-order valence-electron chi connectivity index (χ0n) is 13.2. The first-order valence-electron chi connectivity index (χ1n) is 7.95. The van der Waals surface area contributed by atoms with Gasteiger partial charge in [-0.25, -0.2) is 0 Å². The standard InChI is InChI=1S/C16H21N3O4/c1-23-14-9-17-12(8-13(14)20)16(22)18-6-7-19(15(21)10-18)11-4-2-3-5-11/h8-9,11H,2-7,10H2,1H3,(H,17,20). The molecule has 7 heteroatoms. The molecule has 0 unspecified atom stereocenters. The number of aromatic amines is 1. The third-order valence-corrected chi connectivity index (χ3v) is 4.64. The predicted molar refractivity (Wildman–Crippen MR) is 83.5 cm³/mol. The fraction of sp³-hybridized carbons (Fsp3) is 0.562. The van der Waals surface area contributed by atoms with Gasteiger partial charge in [0.1, 0.15) is 12.2 Å². The Hall–Kier alpha value is -2.31. The van der Waals surface area contributed by atoms with Gasteiger partial charge in [-0.3, -0.25) is 14.4 Å².